The summed E-state index contributed by atoms with van der Waals surface area (Å²) in [5.74, 6) is -2.26. The van der Waals surface area contributed by atoms with Gasteiger partial charge in [0.25, 0.3) is 0 Å². The second-order valence-electron chi connectivity index (χ2n) is 5.03. The van der Waals surface area contributed by atoms with Crippen LogP contribution in [0.3, 0.4) is 0 Å². The van der Waals surface area contributed by atoms with Crippen LogP contribution in [0, 0.1) is 11.7 Å². The van der Waals surface area contributed by atoms with Crippen molar-refractivity contribution in [2.24, 2.45) is 11.7 Å². The van der Waals surface area contributed by atoms with Crippen molar-refractivity contribution in [2.75, 3.05) is 18.0 Å². The maximum atomic E-state index is 13.9. The first-order valence-electron chi connectivity index (χ1n) is 6.73. The fraction of sp³-hybridized carbons (Fsp3) is 0.333. The molecule has 0 saturated carbocycles. The molecule has 1 aromatic carbocycles. The number of rotatable bonds is 4. The van der Waals surface area contributed by atoms with E-state index in [1.165, 1.54) is 12.1 Å². The van der Waals surface area contributed by atoms with E-state index in [0.717, 1.165) is 18.9 Å². The van der Waals surface area contributed by atoms with E-state index in [2.05, 4.69) is 0 Å². The molecule has 1 aliphatic rings. The molecule has 1 heterocycles. The quantitative estimate of drug-likeness (QED) is 0.826. The van der Waals surface area contributed by atoms with Crippen LogP contribution < -0.4 is 10.6 Å². The average Bonchev–Trinajstić information content (AvgIpc) is 2.45. The van der Waals surface area contributed by atoms with Crippen molar-refractivity contribution in [3.05, 3.63) is 35.7 Å². The molecule has 0 bridgehead atoms. The van der Waals surface area contributed by atoms with E-state index < -0.39 is 11.8 Å². The fourth-order valence-electron chi connectivity index (χ4n) is 2.55. The van der Waals surface area contributed by atoms with E-state index in [-0.39, 0.29) is 17.4 Å². The van der Waals surface area contributed by atoms with Crippen LogP contribution in [0.25, 0.3) is 6.08 Å². The number of carbonyl (C=O) groups excluding carboxylic acids is 1. The molecule has 0 radical (unpaired) electrons. The molecular formula is C15H17FN2O3. The molecular weight excluding hydrogens is 275 g/mol. The van der Waals surface area contributed by atoms with Gasteiger partial charge < -0.3 is 15.7 Å². The van der Waals surface area contributed by atoms with Gasteiger partial charge in [-0.25, -0.2) is 9.18 Å². The van der Waals surface area contributed by atoms with Gasteiger partial charge in [0.05, 0.1) is 5.92 Å². The highest BCUT2D eigenvalue weighted by molar-refractivity contribution is 5.87. The number of benzene rings is 1. The molecule has 5 nitrogen and oxygen atoms in total. The maximum Gasteiger partial charge on any atom is 0.328 e. The summed E-state index contributed by atoms with van der Waals surface area (Å²) in [6, 6.07) is 4.56. The summed E-state index contributed by atoms with van der Waals surface area (Å²) in [6.45, 7) is 1.11. The van der Waals surface area contributed by atoms with Crippen molar-refractivity contribution >= 4 is 23.6 Å². The molecule has 0 aliphatic carbocycles. The highest BCUT2D eigenvalue weighted by atomic mass is 19.1. The summed E-state index contributed by atoms with van der Waals surface area (Å²) in [5, 5.41) is 8.70. The van der Waals surface area contributed by atoms with Crippen LogP contribution >= 0.6 is 0 Å². The predicted octanol–water partition coefficient (Wildman–Crippen LogP) is 1.63. The first-order valence-corrected chi connectivity index (χ1v) is 6.73. The average molecular weight is 292 g/mol. The zero-order valence-electron chi connectivity index (χ0n) is 11.5. The number of nitrogens with zero attached hydrogens (tertiary/aromatic N) is 1. The number of piperidine rings is 1. The van der Waals surface area contributed by atoms with Crippen LogP contribution in [-0.4, -0.2) is 30.1 Å². The minimum atomic E-state index is -1.14. The second-order valence-corrected chi connectivity index (χ2v) is 5.03. The van der Waals surface area contributed by atoms with Gasteiger partial charge in [-0.3, -0.25) is 4.79 Å². The van der Waals surface area contributed by atoms with Crippen LogP contribution in [0.5, 0.6) is 0 Å². The number of carboxylic acids is 1. The summed E-state index contributed by atoms with van der Waals surface area (Å²) < 4.78 is 13.9. The van der Waals surface area contributed by atoms with E-state index in [1.54, 1.807) is 12.1 Å². The lowest BCUT2D eigenvalue weighted by atomic mass is 9.96. The van der Waals surface area contributed by atoms with Crippen LogP contribution in [0.15, 0.2) is 24.3 Å². The van der Waals surface area contributed by atoms with Gasteiger partial charge in [0, 0.05) is 30.4 Å². The Morgan fingerprint density at radius 2 is 2.19 bits per heavy atom. The van der Waals surface area contributed by atoms with Crippen molar-refractivity contribution in [1.29, 1.82) is 0 Å². The number of carbonyl (C=O) groups is 2. The number of hydrogen-bond donors (Lipinski definition) is 2. The van der Waals surface area contributed by atoms with Gasteiger partial charge in [0.1, 0.15) is 5.82 Å². The first-order chi connectivity index (χ1) is 9.99. The molecule has 6 heteroatoms. The molecule has 3 N–H and O–H groups in total. The standard InChI is InChI=1S/C15H17FN2O3/c16-12-4-1-5-13(11(12)6-7-14(19)20)18-8-2-3-10(9-18)15(17)21/h1,4-7,10H,2-3,8-9H2,(H2,17,21)(H,19,20)/b7-6+. The Labute approximate surface area is 121 Å². The van der Waals surface area contributed by atoms with Gasteiger partial charge >= 0.3 is 5.97 Å². The zero-order chi connectivity index (χ0) is 15.4. The third-order valence-corrected chi connectivity index (χ3v) is 3.59. The number of carboxylic acid groups (broad SMARTS) is 1. The molecule has 112 valence electrons. The molecule has 1 saturated heterocycles. The summed E-state index contributed by atoms with van der Waals surface area (Å²) in [7, 11) is 0. The van der Waals surface area contributed by atoms with Crippen LogP contribution in [0.2, 0.25) is 0 Å². The van der Waals surface area contributed by atoms with Gasteiger partial charge in [-0.2, -0.15) is 0 Å². The third-order valence-electron chi connectivity index (χ3n) is 3.59. The Morgan fingerprint density at radius 1 is 1.43 bits per heavy atom. The monoisotopic (exact) mass is 292 g/mol. The lowest BCUT2D eigenvalue weighted by molar-refractivity contribution is -0.131. The van der Waals surface area contributed by atoms with Gasteiger partial charge in [-0.15, -0.1) is 0 Å². The second kappa shape index (κ2) is 6.39. The molecule has 2 rings (SSSR count). The number of nitrogens with two attached hydrogens (primary N) is 1. The Kier molecular flexibility index (Phi) is 4.57. The summed E-state index contributed by atoms with van der Waals surface area (Å²) in [6.07, 6.45) is 3.64. The first kappa shape index (κ1) is 15.0. The van der Waals surface area contributed by atoms with Crippen LogP contribution in [-0.2, 0) is 9.59 Å². The molecule has 1 atom stereocenters. The normalized spacial score (nSPS) is 18.9. The summed E-state index contributed by atoms with van der Waals surface area (Å²) >= 11 is 0. The van der Waals surface area contributed by atoms with Crippen molar-refractivity contribution in [1.82, 2.24) is 0 Å². The molecule has 1 fully saturated rings. The molecule has 0 aromatic heterocycles. The number of aliphatic carboxylic acids is 1. The molecule has 1 aromatic rings. The number of amides is 1. The summed E-state index contributed by atoms with van der Waals surface area (Å²) in [5.41, 5.74) is 6.14. The highest BCUT2D eigenvalue weighted by Crippen LogP contribution is 2.29. The third kappa shape index (κ3) is 3.59. The zero-order valence-corrected chi connectivity index (χ0v) is 11.5. The largest absolute Gasteiger partial charge is 0.478 e. The predicted molar refractivity (Wildman–Crippen MR) is 77.2 cm³/mol. The van der Waals surface area contributed by atoms with Gasteiger partial charge in [-0.05, 0) is 31.1 Å². The van der Waals surface area contributed by atoms with Crippen molar-refractivity contribution in [2.45, 2.75) is 12.8 Å². The lowest BCUT2D eigenvalue weighted by Crippen LogP contribution is -2.41. The van der Waals surface area contributed by atoms with Crippen LogP contribution in [0.4, 0.5) is 10.1 Å². The number of hydrogen-bond acceptors (Lipinski definition) is 3. The fourth-order valence-corrected chi connectivity index (χ4v) is 2.55. The van der Waals surface area contributed by atoms with Gasteiger partial charge in [0.15, 0.2) is 0 Å². The Bertz CT molecular complexity index is 586. The van der Waals surface area contributed by atoms with E-state index in [0.29, 0.717) is 18.8 Å². The Morgan fingerprint density at radius 3 is 2.86 bits per heavy atom. The lowest BCUT2D eigenvalue weighted by Gasteiger charge is -2.34. The Hall–Kier alpha value is -2.37. The van der Waals surface area contributed by atoms with Crippen molar-refractivity contribution in [3.8, 4) is 0 Å². The topological polar surface area (TPSA) is 83.6 Å². The Balaban J connectivity index is 2.32. The summed E-state index contributed by atoms with van der Waals surface area (Å²) in [4.78, 5) is 23.8. The molecule has 1 aliphatic heterocycles. The van der Waals surface area contributed by atoms with E-state index in [9.17, 15) is 14.0 Å². The van der Waals surface area contributed by atoms with Crippen molar-refractivity contribution < 1.29 is 19.1 Å². The number of primary amides is 1. The maximum absolute atomic E-state index is 13.9. The molecule has 0 spiro atoms. The SMILES string of the molecule is NC(=O)C1CCCN(c2cccc(F)c2/C=C/C(=O)O)C1. The molecule has 1 amide bonds. The number of halogens is 1. The minimum absolute atomic E-state index is 0.213. The van der Waals surface area contributed by atoms with Crippen LogP contribution in [0.1, 0.15) is 18.4 Å². The van der Waals surface area contributed by atoms with E-state index in [4.69, 9.17) is 10.8 Å². The minimum Gasteiger partial charge on any atom is -0.478 e. The number of anilines is 1. The van der Waals surface area contributed by atoms with E-state index >= 15 is 0 Å². The molecule has 1 unspecified atom stereocenters. The smallest absolute Gasteiger partial charge is 0.328 e. The van der Waals surface area contributed by atoms with E-state index in [1.807, 2.05) is 4.90 Å². The molecule has 21 heavy (non-hydrogen) atoms. The van der Waals surface area contributed by atoms with Gasteiger partial charge in [-0.1, -0.05) is 6.07 Å². The van der Waals surface area contributed by atoms with Gasteiger partial charge in [0.2, 0.25) is 5.91 Å². The van der Waals surface area contributed by atoms with Crippen molar-refractivity contribution in [3.63, 3.8) is 0 Å². The highest BCUT2D eigenvalue weighted by Gasteiger charge is 2.25.